The van der Waals surface area contributed by atoms with Gasteiger partial charge in [-0.15, -0.1) is 0 Å². The summed E-state index contributed by atoms with van der Waals surface area (Å²) in [6, 6.07) is 5.51. The molecule has 1 aromatic rings. The molecule has 1 saturated heterocycles. The Kier molecular flexibility index (Phi) is 7.77. The van der Waals surface area contributed by atoms with Crippen molar-refractivity contribution in [1.82, 2.24) is 10.2 Å². The molecule has 1 fully saturated rings. The fourth-order valence-electron chi connectivity index (χ4n) is 3.17. The molecule has 26 heavy (non-hydrogen) atoms. The Hall–Kier alpha value is -0.810. The van der Waals surface area contributed by atoms with E-state index in [0.29, 0.717) is 28.9 Å². The summed E-state index contributed by atoms with van der Waals surface area (Å²) in [7, 11) is 0. The predicted molar refractivity (Wildman–Crippen MR) is 110 cm³/mol. The molecule has 0 saturated carbocycles. The van der Waals surface area contributed by atoms with Gasteiger partial charge in [0.05, 0.1) is 0 Å². The van der Waals surface area contributed by atoms with Gasteiger partial charge in [-0.2, -0.15) is 0 Å². The smallest absolute Gasteiger partial charge is 0.220 e. The number of nitrogens with two attached hydrogens (primary N) is 1. The van der Waals surface area contributed by atoms with Crippen LogP contribution in [0.5, 0.6) is 0 Å². The standard InChI is InChI=1S/C20H31Cl2N3O/c1-20(2,3)18(23)13-25-6-4-14(5-7-25)10-19(26)24-12-15-8-16(21)11-17(22)9-15/h8-9,11,14,18H,4-7,10,12-13,23H2,1-3H3,(H,24,26). The number of benzene rings is 1. The molecule has 0 radical (unpaired) electrons. The van der Waals surface area contributed by atoms with Gasteiger partial charge in [0, 0.05) is 35.6 Å². The number of nitrogens with one attached hydrogen (secondary N) is 1. The number of halogens is 2. The molecule has 1 aliphatic heterocycles. The lowest BCUT2D eigenvalue weighted by molar-refractivity contribution is -0.122. The van der Waals surface area contributed by atoms with Crippen LogP contribution in [0.3, 0.4) is 0 Å². The Morgan fingerprint density at radius 1 is 1.23 bits per heavy atom. The molecule has 1 amide bonds. The molecule has 6 heteroatoms. The minimum absolute atomic E-state index is 0.0888. The van der Waals surface area contributed by atoms with Crippen LogP contribution in [0.15, 0.2) is 18.2 Å². The molecule has 0 bridgehead atoms. The van der Waals surface area contributed by atoms with E-state index in [4.69, 9.17) is 28.9 Å². The molecule has 4 nitrogen and oxygen atoms in total. The van der Waals surface area contributed by atoms with Crippen molar-refractivity contribution in [3.05, 3.63) is 33.8 Å². The Morgan fingerprint density at radius 2 is 1.81 bits per heavy atom. The first-order valence-electron chi connectivity index (χ1n) is 9.33. The second-order valence-electron chi connectivity index (χ2n) is 8.48. The fraction of sp³-hybridized carbons (Fsp3) is 0.650. The topological polar surface area (TPSA) is 58.4 Å². The van der Waals surface area contributed by atoms with E-state index in [1.807, 2.05) is 12.1 Å². The average Bonchev–Trinajstić information content (AvgIpc) is 2.53. The summed E-state index contributed by atoms with van der Waals surface area (Å²) in [5.74, 6) is 0.533. The first-order chi connectivity index (χ1) is 12.1. The number of likely N-dealkylation sites (tertiary alicyclic amines) is 1. The van der Waals surface area contributed by atoms with Crippen molar-refractivity contribution in [2.45, 2.75) is 52.6 Å². The minimum atomic E-state index is 0.0888. The zero-order valence-corrected chi connectivity index (χ0v) is 17.5. The van der Waals surface area contributed by atoms with Crippen molar-refractivity contribution in [1.29, 1.82) is 0 Å². The summed E-state index contributed by atoms with van der Waals surface area (Å²) in [6.07, 6.45) is 2.67. The zero-order valence-electron chi connectivity index (χ0n) is 16.0. The molecule has 3 N–H and O–H groups in total. The summed E-state index contributed by atoms with van der Waals surface area (Å²) >= 11 is 12.0. The number of nitrogens with zero attached hydrogens (tertiary/aromatic N) is 1. The van der Waals surface area contributed by atoms with Gasteiger partial charge in [0.15, 0.2) is 0 Å². The molecule has 0 aromatic heterocycles. The number of carbonyl (C=O) groups excluding carboxylic acids is 1. The highest BCUT2D eigenvalue weighted by Gasteiger charge is 2.26. The summed E-state index contributed by atoms with van der Waals surface area (Å²) in [4.78, 5) is 14.7. The SMILES string of the molecule is CC(C)(C)C(N)CN1CCC(CC(=O)NCc2cc(Cl)cc(Cl)c2)CC1. The van der Waals surface area contributed by atoms with Crippen LogP contribution in [0.1, 0.15) is 45.6 Å². The van der Waals surface area contributed by atoms with E-state index in [-0.39, 0.29) is 17.4 Å². The van der Waals surface area contributed by atoms with E-state index in [0.717, 1.165) is 38.0 Å². The second kappa shape index (κ2) is 9.41. The van der Waals surface area contributed by atoms with E-state index in [9.17, 15) is 4.79 Å². The van der Waals surface area contributed by atoms with Crippen LogP contribution in [0.25, 0.3) is 0 Å². The molecule has 1 aliphatic rings. The maximum Gasteiger partial charge on any atom is 0.220 e. The van der Waals surface area contributed by atoms with E-state index >= 15 is 0 Å². The van der Waals surface area contributed by atoms with Crippen LogP contribution in [0.4, 0.5) is 0 Å². The lowest BCUT2D eigenvalue weighted by Gasteiger charge is -2.36. The van der Waals surface area contributed by atoms with Crippen LogP contribution in [0.2, 0.25) is 10.0 Å². The molecule has 0 aliphatic carbocycles. The lowest BCUT2D eigenvalue weighted by atomic mass is 9.86. The Labute approximate surface area is 167 Å². The molecule has 1 atom stereocenters. The monoisotopic (exact) mass is 399 g/mol. The molecule has 146 valence electrons. The van der Waals surface area contributed by atoms with Crippen LogP contribution in [-0.2, 0) is 11.3 Å². The van der Waals surface area contributed by atoms with Gasteiger partial charge in [0.2, 0.25) is 5.91 Å². The van der Waals surface area contributed by atoms with Crippen LogP contribution >= 0.6 is 23.2 Å². The maximum atomic E-state index is 12.2. The number of carbonyl (C=O) groups is 1. The fourth-order valence-corrected chi connectivity index (χ4v) is 3.74. The normalized spacial score (nSPS) is 17.9. The number of hydrogen-bond acceptors (Lipinski definition) is 3. The minimum Gasteiger partial charge on any atom is -0.352 e. The summed E-state index contributed by atoms with van der Waals surface area (Å²) in [5.41, 5.74) is 7.33. The highest BCUT2D eigenvalue weighted by Crippen LogP contribution is 2.24. The molecular formula is C20H31Cl2N3O. The van der Waals surface area contributed by atoms with Gasteiger partial charge in [-0.05, 0) is 61.0 Å². The molecule has 1 aromatic carbocycles. The van der Waals surface area contributed by atoms with Gasteiger partial charge < -0.3 is 16.0 Å². The Bertz CT molecular complexity index is 587. The Morgan fingerprint density at radius 3 is 2.35 bits per heavy atom. The van der Waals surface area contributed by atoms with E-state index in [1.54, 1.807) is 6.07 Å². The highest BCUT2D eigenvalue weighted by molar-refractivity contribution is 6.34. The molecule has 1 unspecified atom stereocenters. The van der Waals surface area contributed by atoms with Crippen molar-refractivity contribution < 1.29 is 4.79 Å². The summed E-state index contributed by atoms with van der Waals surface area (Å²) in [6.45, 7) is 9.97. The second-order valence-corrected chi connectivity index (χ2v) is 9.35. The number of piperidine rings is 1. The quantitative estimate of drug-likeness (QED) is 0.757. The van der Waals surface area contributed by atoms with Gasteiger partial charge in [0.25, 0.3) is 0 Å². The number of amides is 1. The average molecular weight is 400 g/mol. The van der Waals surface area contributed by atoms with Crippen LogP contribution in [0, 0.1) is 11.3 Å². The van der Waals surface area contributed by atoms with Gasteiger partial charge in [-0.25, -0.2) is 0 Å². The van der Waals surface area contributed by atoms with Gasteiger partial charge in [-0.3, -0.25) is 4.79 Å². The van der Waals surface area contributed by atoms with Crippen molar-refractivity contribution in [2.24, 2.45) is 17.1 Å². The van der Waals surface area contributed by atoms with E-state index in [1.165, 1.54) is 0 Å². The van der Waals surface area contributed by atoms with Crippen molar-refractivity contribution in [2.75, 3.05) is 19.6 Å². The van der Waals surface area contributed by atoms with Gasteiger partial charge in [0.1, 0.15) is 0 Å². The summed E-state index contributed by atoms with van der Waals surface area (Å²) in [5, 5.41) is 4.15. The molecule has 0 spiro atoms. The lowest BCUT2D eigenvalue weighted by Crippen LogP contribution is -2.47. The maximum absolute atomic E-state index is 12.2. The molecule has 2 rings (SSSR count). The third kappa shape index (κ3) is 7.07. The third-order valence-electron chi connectivity index (χ3n) is 5.16. The van der Waals surface area contributed by atoms with Gasteiger partial charge in [-0.1, -0.05) is 44.0 Å². The Balaban J connectivity index is 1.71. The largest absolute Gasteiger partial charge is 0.352 e. The highest BCUT2D eigenvalue weighted by atomic mass is 35.5. The van der Waals surface area contributed by atoms with Crippen molar-refractivity contribution >= 4 is 29.1 Å². The third-order valence-corrected chi connectivity index (χ3v) is 5.60. The first-order valence-corrected chi connectivity index (χ1v) is 10.1. The van der Waals surface area contributed by atoms with Crippen molar-refractivity contribution in [3.8, 4) is 0 Å². The molecule has 1 heterocycles. The van der Waals surface area contributed by atoms with E-state index in [2.05, 4.69) is 31.0 Å². The van der Waals surface area contributed by atoms with Gasteiger partial charge >= 0.3 is 0 Å². The number of hydrogen-bond donors (Lipinski definition) is 2. The first kappa shape index (κ1) is 21.5. The predicted octanol–water partition coefficient (Wildman–Crippen LogP) is 4.09. The van der Waals surface area contributed by atoms with E-state index < -0.39 is 0 Å². The number of rotatable bonds is 6. The van der Waals surface area contributed by atoms with Crippen molar-refractivity contribution in [3.63, 3.8) is 0 Å². The van der Waals surface area contributed by atoms with Crippen LogP contribution < -0.4 is 11.1 Å². The summed E-state index contributed by atoms with van der Waals surface area (Å²) < 4.78 is 0. The molecular weight excluding hydrogens is 369 g/mol. The van der Waals surface area contributed by atoms with Crippen LogP contribution in [-0.4, -0.2) is 36.5 Å². The zero-order chi connectivity index (χ0) is 19.3.